The molecule has 0 atom stereocenters. The summed E-state index contributed by atoms with van der Waals surface area (Å²) < 4.78 is 27.2. The molecule has 166 valence electrons. The lowest BCUT2D eigenvalue weighted by Crippen LogP contribution is -2.50. The van der Waals surface area contributed by atoms with Crippen LogP contribution in [0.3, 0.4) is 0 Å². The van der Waals surface area contributed by atoms with Crippen molar-refractivity contribution in [3.8, 4) is 11.3 Å². The Labute approximate surface area is 186 Å². The molecule has 0 radical (unpaired) electrons. The van der Waals surface area contributed by atoms with Crippen molar-refractivity contribution in [1.29, 1.82) is 0 Å². The fourth-order valence-corrected chi connectivity index (χ4v) is 4.14. The summed E-state index contributed by atoms with van der Waals surface area (Å²) in [6.07, 6.45) is 1.48. The Morgan fingerprint density at radius 3 is 2.50 bits per heavy atom. The molecule has 3 aromatic rings. The van der Waals surface area contributed by atoms with E-state index in [2.05, 4.69) is 20.6 Å². The highest BCUT2D eigenvalue weighted by atomic mass is 32.1. The van der Waals surface area contributed by atoms with Crippen molar-refractivity contribution >= 4 is 39.9 Å². The van der Waals surface area contributed by atoms with Gasteiger partial charge in [-0.15, -0.1) is 11.3 Å². The van der Waals surface area contributed by atoms with E-state index in [1.807, 2.05) is 4.90 Å². The van der Waals surface area contributed by atoms with Gasteiger partial charge in [-0.1, -0.05) is 0 Å². The summed E-state index contributed by atoms with van der Waals surface area (Å²) in [5, 5.41) is 7.82. The van der Waals surface area contributed by atoms with E-state index < -0.39 is 11.6 Å². The van der Waals surface area contributed by atoms with Gasteiger partial charge < -0.3 is 20.4 Å². The molecule has 11 heteroatoms. The number of urea groups is 1. The van der Waals surface area contributed by atoms with Crippen LogP contribution >= 0.6 is 11.3 Å². The standard InChI is InChI=1S/C21H20F2N6O2S/c1-13(30)25-19-5-3-15(11-24-19)26-20(31)28-6-8-29(9-7-28)21-27-18(12-32-21)16-4-2-14(22)10-17(16)23/h2-5,10-12H,6-9H2,1H3,(H,26,31)(H,24,25,30). The van der Waals surface area contributed by atoms with Crippen LogP contribution in [0.5, 0.6) is 0 Å². The van der Waals surface area contributed by atoms with Gasteiger partial charge in [-0.05, 0) is 24.3 Å². The molecular weight excluding hydrogens is 438 g/mol. The maximum Gasteiger partial charge on any atom is 0.322 e. The molecule has 0 spiro atoms. The highest BCUT2D eigenvalue weighted by Gasteiger charge is 2.23. The molecule has 0 bridgehead atoms. The van der Waals surface area contributed by atoms with Crippen LogP contribution in [-0.2, 0) is 4.79 Å². The maximum absolute atomic E-state index is 14.0. The van der Waals surface area contributed by atoms with E-state index in [9.17, 15) is 18.4 Å². The lowest BCUT2D eigenvalue weighted by atomic mass is 10.1. The number of benzene rings is 1. The third-order valence-corrected chi connectivity index (χ3v) is 5.76. The summed E-state index contributed by atoms with van der Waals surface area (Å²) in [5.41, 5.74) is 1.24. The molecule has 1 aliphatic rings. The number of carbonyl (C=O) groups excluding carboxylic acids is 2. The quantitative estimate of drug-likeness (QED) is 0.621. The van der Waals surface area contributed by atoms with Gasteiger partial charge in [-0.2, -0.15) is 0 Å². The zero-order chi connectivity index (χ0) is 22.7. The first kappa shape index (κ1) is 21.6. The maximum atomic E-state index is 14.0. The lowest BCUT2D eigenvalue weighted by molar-refractivity contribution is -0.114. The molecule has 32 heavy (non-hydrogen) atoms. The highest BCUT2D eigenvalue weighted by Crippen LogP contribution is 2.30. The second kappa shape index (κ2) is 9.27. The molecule has 0 aliphatic carbocycles. The SMILES string of the molecule is CC(=O)Nc1ccc(NC(=O)N2CCN(c3nc(-c4ccc(F)cc4F)cs3)CC2)cn1. The van der Waals surface area contributed by atoms with E-state index in [1.54, 1.807) is 22.4 Å². The van der Waals surface area contributed by atoms with Crippen molar-refractivity contribution in [3.63, 3.8) is 0 Å². The minimum Gasteiger partial charge on any atom is -0.345 e. The van der Waals surface area contributed by atoms with Crippen molar-refractivity contribution in [2.45, 2.75) is 6.92 Å². The zero-order valence-corrected chi connectivity index (χ0v) is 18.0. The number of carbonyl (C=O) groups is 2. The van der Waals surface area contributed by atoms with Gasteiger partial charge in [0.25, 0.3) is 0 Å². The Morgan fingerprint density at radius 1 is 1.06 bits per heavy atom. The summed E-state index contributed by atoms with van der Waals surface area (Å²) in [6.45, 7) is 3.52. The number of amides is 3. The molecule has 3 amide bonds. The average Bonchev–Trinajstić information content (AvgIpc) is 3.25. The van der Waals surface area contributed by atoms with Gasteiger partial charge in [0.2, 0.25) is 5.91 Å². The molecule has 2 N–H and O–H groups in total. The Bertz CT molecular complexity index is 1130. The minimum atomic E-state index is -0.650. The van der Waals surface area contributed by atoms with Crippen LogP contribution in [0.4, 0.5) is 30.2 Å². The van der Waals surface area contributed by atoms with E-state index in [4.69, 9.17) is 0 Å². The van der Waals surface area contributed by atoms with E-state index in [0.29, 0.717) is 43.4 Å². The lowest BCUT2D eigenvalue weighted by Gasteiger charge is -2.34. The topological polar surface area (TPSA) is 90.5 Å². The normalized spacial score (nSPS) is 13.7. The molecule has 0 saturated carbocycles. The Kier molecular flexibility index (Phi) is 6.26. The van der Waals surface area contributed by atoms with Gasteiger partial charge in [0.15, 0.2) is 5.13 Å². The summed E-state index contributed by atoms with van der Waals surface area (Å²) >= 11 is 1.38. The van der Waals surface area contributed by atoms with E-state index in [0.717, 1.165) is 11.2 Å². The van der Waals surface area contributed by atoms with Crippen molar-refractivity contribution in [3.05, 3.63) is 53.5 Å². The Hall–Kier alpha value is -3.60. The third-order valence-electron chi connectivity index (χ3n) is 4.86. The number of hydrogen-bond acceptors (Lipinski definition) is 6. The van der Waals surface area contributed by atoms with Gasteiger partial charge in [-0.3, -0.25) is 4.79 Å². The second-order valence-electron chi connectivity index (χ2n) is 7.16. The van der Waals surface area contributed by atoms with E-state index in [-0.39, 0.29) is 17.5 Å². The molecular formula is C21H20F2N6O2S. The molecule has 1 saturated heterocycles. The van der Waals surface area contributed by atoms with Crippen LogP contribution in [0.2, 0.25) is 0 Å². The first-order chi connectivity index (χ1) is 15.4. The van der Waals surface area contributed by atoms with Crippen LogP contribution in [0.25, 0.3) is 11.3 Å². The van der Waals surface area contributed by atoms with Gasteiger partial charge in [-0.25, -0.2) is 23.5 Å². The van der Waals surface area contributed by atoms with Crippen LogP contribution in [0, 0.1) is 11.6 Å². The van der Waals surface area contributed by atoms with Crippen LogP contribution < -0.4 is 15.5 Å². The van der Waals surface area contributed by atoms with Gasteiger partial charge in [0, 0.05) is 50.1 Å². The number of nitrogens with one attached hydrogen (secondary N) is 2. The molecule has 8 nitrogen and oxygen atoms in total. The number of piperazine rings is 1. The number of aromatic nitrogens is 2. The summed E-state index contributed by atoms with van der Waals surface area (Å²) in [6, 6.07) is 6.46. The minimum absolute atomic E-state index is 0.220. The van der Waals surface area contributed by atoms with Crippen molar-refractivity contribution in [1.82, 2.24) is 14.9 Å². The van der Waals surface area contributed by atoms with Gasteiger partial charge in [0.05, 0.1) is 17.6 Å². The number of rotatable bonds is 4. The van der Waals surface area contributed by atoms with E-state index in [1.165, 1.54) is 36.6 Å². The van der Waals surface area contributed by atoms with Crippen LogP contribution in [-0.4, -0.2) is 53.0 Å². The molecule has 1 fully saturated rings. The smallest absolute Gasteiger partial charge is 0.322 e. The number of halogens is 2. The number of nitrogens with zero attached hydrogens (tertiary/aromatic N) is 4. The van der Waals surface area contributed by atoms with E-state index >= 15 is 0 Å². The van der Waals surface area contributed by atoms with Gasteiger partial charge >= 0.3 is 6.03 Å². The summed E-state index contributed by atoms with van der Waals surface area (Å²) in [7, 11) is 0. The molecule has 3 heterocycles. The highest BCUT2D eigenvalue weighted by molar-refractivity contribution is 7.14. The average molecular weight is 458 g/mol. The van der Waals surface area contributed by atoms with Crippen molar-refractivity contribution in [2.75, 3.05) is 41.7 Å². The Balaban J connectivity index is 1.32. The van der Waals surface area contributed by atoms with Crippen LogP contribution in [0.1, 0.15) is 6.92 Å². The fourth-order valence-electron chi connectivity index (χ4n) is 3.26. The Morgan fingerprint density at radius 2 is 1.84 bits per heavy atom. The number of thiazole rings is 1. The predicted molar refractivity (Wildman–Crippen MR) is 119 cm³/mol. The third kappa shape index (κ3) is 4.99. The summed E-state index contributed by atoms with van der Waals surface area (Å²) in [4.78, 5) is 35.9. The molecule has 1 aliphatic heterocycles. The fraction of sp³-hybridized carbons (Fsp3) is 0.238. The molecule has 0 unspecified atom stereocenters. The first-order valence-electron chi connectivity index (χ1n) is 9.84. The molecule has 1 aromatic carbocycles. The van der Waals surface area contributed by atoms with Crippen molar-refractivity contribution < 1.29 is 18.4 Å². The van der Waals surface area contributed by atoms with Gasteiger partial charge in [0.1, 0.15) is 17.5 Å². The van der Waals surface area contributed by atoms with Crippen molar-refractivity contribution in [2.24, 2.45) is 0 Å². The van der Waals surface area contributed by atoms with Crippen LogP contribution in [0.15, 0.2) is 41.9 Å². The second-order valence-corrected chi connectivity index (χ2v) is 7.99. The number of pyridine rings is 1. The molecule has 4 rings (SSSR count). The predicted octanol–water partition coefficient (Wildman–Crippen LogP) is 3.80. The number of anilines is 3. The first-order valence-corrected chi connectivity index (χ1v) is 10.7. The monoisotopic (exact) mass is 458 g/mol. The largest absolute Gasteiger partial charge is 0.345 e. The summed E-state index contributed by atoms with van der Waals surface area (Å²) in [5.74, 6) is -1.09. The number of hydrogen-bond donors (Lipinski definition) is 2. The zero-order valence-electron chi connectivity index (χ0n) is 17.1. The molecule has 2 aromatic heterocycles.